The molecule has 17 rings (SSSR count). The molecule has 0 fully saturated rings. The first kappa shape index (κ1) is 54.1. The van der Waals surface area contributed by atoms with E-state index < -0.39 is 10.8 Å². The minimum absolute atomic E-state index is 0.0379. The second-order valence-corrected chi connectivity index (χ2v) is 26.1. The number of nitrogens with zero attached hydrogens (tertiary/aromatic N) is 2. The van der Waals surface area contributed by atoms with Crippen LogP contribution in [0.2, 0.25) is 0 Å². The Morgan fingerprint density at radius 2 is 1.16 bits per heavy atom. The molecule has 3 nitrogen and oxygen atoms in total. The highest BCUT2D eigenvalue weighted by Crippen LogP contribution is 2.66. The van der Waals surface area contributed by atoms with Crippen molar-refractivity contribution in [2.24, 2.45) is 5.92 Å². The number of para-hydroxylation sites is 2. The van der Waals surface area contributed by atoms with Gasteiger partial charge in [-0.3, -0.25) is 5.32 Å². The third-order valence-corrected chi connectivity index (χ3v) is 21.3. The van der Waals surface area contributed by atoms with Gasteiger partial charge in [0.05, 0.1) is 23.1 Å². The van der Waals surface area contributed by atoms with Crippen LogP contribution >= 0.6 is 0 Å². The minimum Gasteiger partial charge on any atom is -0.333 e. The Morgan fingerprint density at radius 3 is 1.91 bits per heavy atom. The summed E-state index contributed by atoms with van der Waals surface area (Å²) in [6.07, 6.45) is 24.9. The third-order valence-electron chi connectivity index (χ3n) is 21.3. The van der Waals surface area contributed by atoms with E-state index in [4.69, 9.17) is 0 Å². The molecule has 4 aliphatic carbocycles. The van der Waals surface area contributed by atoms with Gasteiger partial charge in [-0.25, -0.2) is 0 Å². The van der Waals surface area contributed by atoms with E-state index in [0.717, 1.165) is 19.3 Å². The fourth-order valence-electron chi connectivity index (χ4n) is 17.1. The molecule has 434 valence electrons. The maximum atomic E-state index is 4.03. The number of hydrogen-bond donors (Lipinski definition) is 1. The van der Waals surface area contributed by atoms with E-state index in [9.17, 15) is 0 Å². The van der Waals surface area contributed by atoms with E-state index in [1.165, 1.54) is 122 Å². The van der Waals surface area contributed by atoms with Gasteiger partial charge in [-0.15, -0.1) is 0 Å². The zero-order valence-corrected chi connectivity index (χ0v) is 51.0. The number of rotatable bonds is 10. The normalized spacial score (nSPS) is 24.0. The lowest BCUT2D eigenvalue weighted by Crippen LogP contribution is -2.49. The molecule has 8 unspecified atom stereocenters. The van der Waals surface area contributed by atoms with E-state index in [2.05, 4.69) is 344 Å². The predicted octanol–water partition coefficient (Wildman–Crippen LogP) is 21.2. The van der Waals surface area contributed by atoms with Crippen molar-refractivity contribution in [2.75, 3.05) is 4.90 Å². The van der Waals surface area contributed by atoms with Crippen molar-refractivity contribution in [2.45, 2.75) is 73.9 Å². The first-order valence-corrected chi connectivity index (χ1v) is 32.5. The van der Waals surface area contributed by atoms with Gasteiger partial charge in [0.15, 0.2) is 0 Å². The van der Waals surface area contributed by atoms with Gasteiger partial charge < -0.3 is 9.47 Å². The fraction of sp³-hybridized carbons (Fsp3) is 0.149. The molecule has 0 saturated heterocycles. The Balaban J connectivity index is 0.833. The minimum atomic E-state index is -0.550. The highest BCUT2D eigenvalue weighted by Gasteiger charge is 2.57. The maximum absolute atomic E-state index is 4.03. The number of nitrogens with one attached hydrogen (secondary N) is 1. The van der Waals surface area contributed by atoms with E-state index in [-0.39, 0.29) is 35.9 Å². The van der Waals surface area contributed by atoms with Crippen molar-refractivity contribution in [1.29, 1.82) is 0 Å². The average Bonchev–Trinajstić information content (AvgIpc) is 1.20. The third kappa shape index (κ3) is 8.73. The highest BCUT2D eigenvalue weighted by molar-refractivity contribution is 6.13. The second-order valence-electron chi connectivity index (χ2n) is 26.1. The molecule has 3 heterocycles. The summed E-state index contributed by atoms with van der Waals surface area (Å²) in [6.45, 7) is 5.20. The molecule has 3 heteroatoms. The summed E-state index contributed by atoms with van der Waals surface area (Å²) < 4.78 is 2.58. The molecule has 1 N–H and O–H groups in total. The molecule has 90 heavy (non-hydrogen) atoms. The summed E-state index contributed by atoms with van der Waals surface area (Å²) in [6, 6.07) is 98.3. The topological polar surface area (TPSA) is 20.2 Å². The lowest BCUT2D eigenvalue weighted by molar-refractivity contribution is 0.355. The van der Waals surface area contributed by atoms with E-state index in [1.807, 2.05) is 0 Å². The number of hydrogen-bond acceptors (Lipinski definition) is 2. The molecule has 0 amide bonds. The summed E-state index contributed by atoms with van der Waals surface area (Å²) in [7, 11) is 0. The predicted molar refractivity (Wildman–Crippen MR) is 375 cm³/mol. The molecule has 11 aromatic rings. The van der Waals surface area contributed by atoms with Crippen LogP contribution in [0, 0.1) is 5.92 Å². The lowest BCUT2D eigenvalue weighted by Gasteiger charge is -2.54. The summed E-state index contributed by atoms with van der Waals surface area (Å²) in [4.78, 5) is 2.69. The van der Waals surface area contributed by atoms with Crippen LogP contribution in [0.1, 0.15) is 113 Å². The Labute approximate surface area is 529 Å². The van der Waals surface area contributed by atoms with Gasteiger partial charge >= 0.3 is 0 Å². The zero-order chi connectivity index (χ0) is 59.9. The number of anilines is 2. The molecule has 0 bridgehead atoms. The molecule has 0 radical (unpaired) electrons. The van der Waals surface area contributed by atoms with Crippen LogP contribution < -0.4 is 10.2 Å². The number of allylic oxidation sites excluding steroid dienone is 10. The van der Waals surface area contributed by atoms with Crippen molar-refractivity contribution in [1.82, 2.24) is 9.88 Å². The number of aromatic nitrogens is 1. The fourth-order valence-corrected chi connectivity index (χ4v) is 17.1. The van der Waals surface area contributed by atoms with E-state index in [0.29, 0.717) is 0 Å². The van der Waals surface area contributed by atoms with Crippen LogP contribution in [0.5, 0.6) is 0 Å². The van der Waals surface area contributed by atoms with Gasteiger partial charge in [0.25, 0.3) is 0 Å². The van der Waals surface area contributed by atoms with Gasteiger partial charge in [-0.2, -0.15) is 0 Å². The Hall–Kier alpha value is -10.1. The van der Waals surface area contributed by atoms with Gasteiger partial charge in [-0.1, -0.05) is 280 Å². The summed E-state index contributed by atoms with van der Waals surface area (Å²) in [5.41, 5.74) is 25.3. The standard InChI is InChI=1S/C87H71N3/c1-86(68-37-17-7-18-38-68)75-48-50-81-83(73-44-22-24-46-79(73)90(81)71-42-26-36-63(55-71)67-56-76(60-31-13-5-14-32-60)88-77(57-67)61-33-15-6-16-34-61)85(75)87(2,69-39-19-8-20-40-69)74-47-49-80-82(84(74)86)72-43-21-23-45-78(72)89(80)70-41-25-35-62(54-70)66-52-64(58-27-9-3-10-28-58)51-65(53-66)59-29-11-4-12-30-59/h3-39,41-52,54-56,65,69,76-77,81,83,88H,40,53,57H2,1-2H3. The lowest BCUT2D eigenvalue weighted by atomic mass is 9.49. The summed E-state index contributed by atoms with van der Waals surface area (Å²) in [5.74, 6) is 0.524. The van der Waals surface area contributed by atoms with Crippen molar-refractivity contribution in [3.05, 3.63) is 382 Å². The molecule has 2 aliphatic heterocycles. The number of benzene rings is 10. The second kappa shape index (κ2) is 21.9. The Kier molecular flexibility index (Phi) is 13.2. The van der Waals surface area contributed by atoms with Crippen molar-refractivity contribution in [3.63, 3.8) is 0 Å². The Morgan fingerprint density at radius 1 is 0.511 bits per heavy atom. The van der Waals surface area contributed by atoms with Crippen molar-refractivity contribution in [3.8, 4) is 5.69 Å². The molecule has 10 aromatic carbocycles. The first-order chi connectivity index (χ1) is 44.4. The summed E-state index contributed by atoms with van der Waals surface area (Å²) >= 11 is 0. The Bertz CT molecular complexity index is 4830. The summed E-state index contributed by atoms with van der Waals surface area (Å²) in [5, 5.41) is 6.64. The number of fused-ring (bicyclic) bond motifs is 9. The first-order valence-electron chi connectivity index (χ1n) is 32.5. The van der Waals surface area contributed by atoms with Crippen LogP contribution in [0.3, 0.4) is 0 Å². The van der Waals surface area contributed by atoms with Crippen LogP contribution in [0.15, 0.2) is 327 Å². The SMILES string of the molecule is CC1(c2ccccc2)C2=C(C3c4ccccc4N(c4cccc(C5=CC(c6ccccc6)NC(c6ccccc6)C5)c4)C3C=C2)C(C)(C2C=CC=CC2)c2ccc3c(c21)c1ccccc1n3-c1cccc(C2=CC(c3ccccc3)=CC(c3ccccc3)C2)c1. The van der Waals surface area contributed by atoms with Gasteiger partial charge in [0.1, 0.15) is 0 Å². The van der Waals surface area contributed by atoms with Gasteiger partial charge in [0.2, 0.25) is 0 Å². The van der Waals surface area contributed by atoms with Crippen LogP contribution in [0.25, 0.3) is 44.2 Å². The zero-order valence-electron chi connectivity index (χ0n) is 51.0. The molecule has 0 spiro atoms. The largest absolute Gasteiger partial charge is 0.333 e. The molecule has 8 atom stereocenters. The van der Waals surface area contributed by atoms with Crippen LogP contribution in [-0.2, 0) is 10.8 Å². The van der Waals surface area contributed by atoms with Crippen molar-refractivity contribution < 1.29 is 0 Å². The molecule has 6 aliphatic rings. The van der Waals surface area contributed by atoms with Gasteiger partial charge in [0, 0.05) is 56.5 Å². The van der Waals surface area contributed by atoms with Crippen LogP contribution in [-0.4, -0.2) is 10.6 Å². The van der Waals surface area contributed by atoms with E-state index >= 15 is 0 Å². The van der Waals surface area contributed by atoms with Gasteiger partial charge in [-0.05, 0) is 158 Å². The monoisotopic (exact) mass is 1160 g/mol. The quantitative estimate of drug-likeness (QED) is 0.147. The molecule has 1 aromatic heterocycles. The van der Waals surface area contributed by atoms with Crippen molar-refractivity contribution >= 4 is 49.9 Å². The average molecular weight is 1160 g/mol. The molecular weight excluding hydrogens is 1090 g/mol. The molecular formula is C87H71N3. The smallest absolute Gasteiger partial charge is 0.0632 e. The van der Waals surface area contributed by atoms with Crippen LogP contribution in [0.4, 0.5) is 11.4 Å². The molecule has 0 saturated carbocycles. The maximum Gasteiger partial charge on any atom is 0.0632 e. The van der Waals surface area contributed by atoms with E-state index in [1.54, 1.807) is 0 Å². The highest BCUT2D eigenvalue weighted by atomic mass is 15.2.